The van der Waals surface area contributed by atoms with Crippen molar-refractivity contribution in [2.24, 2.45) is 5.92 Å². The van der Waals surface area contributed by atoms with Crippen LogP contribution in [0.2, 0.25) is 0 Å². The van der Waals surface area contributed by atoms with E-state index in [0.717, 1.165) is 35.0 Å². The smallest absolute Gasteiger partial charge is 0.231 e. The van der Waals surface area contributed by atoms with Gasteiger partial charge in [0.05, 0.1) is 16.1 Å². The Balaban J connectivity index is 1.44. The molecule has 6 nitrogen and oxygen atoms in total. The van der Waals surface area contributed by atoms with Gasteiger partial charge in [0, 0.05) is 19.0 Å². The minimum absolute atomic E-state index is 0.0299. The van der Waals surface area contributed by atoms with Crippen molar-refractivity contribution in [3.8, 4) is 0 Å². The number of rotatable bonds is 4. The summed E-state index contributed by atoms with van der Waals surface area (Å²) < 4.78 is 1.18. The molecule has 0 bridgehead atoms. The van der Waals surface area contributed by atoms with Crippen LogP contribution in [0.4, 0.5) is 10.3 Å². The monoisotopic (exact) mass is 387 g/mol. The lowest BCUT2D eigenvalue weighted by atomic mass is 9.98. The third-order valence-electron chi connectivity index (χ3n) is 4.51. The van der Waals surface area contributed by atoms with Crippen molar-refractivity contribution in [3.63, 3.8) is 0 Å². The summed E-state index contributed by atoms with van der Waals surface area (Å²) >= 11 is 3.15. The van der Waals surface area contributed by atoms with Gasteiger partial charge in [0.15, 0.2) is 5.13 Å². The van der Waals surface area contributed by atoms with Gasteiger partial charge in [-0.2, -0.15) is 0 Å². The molecule has 8 heteroatoms. The predicted molar refractivity (Wildman–Crippen MR) is 107 cm³/mol. The number of nitrogens with zero attached hydrogens (tertiary/aromatic N) is 4. The molecule has 0 radical (unpaired) electrons. The minimum atomic E-state index is -0.0536. The number of amides is 1. The van der Waals surface area contributed by atoms with Gasteiger partial charge in [-0.1, -0.05) is 48.7 Å². The summed E-state index contributed by atoms with van der Waals surface area (Å²) in [5.74, 6) is 0.298. The number of para-hydroxylation sites is 1. The Labute approximate surface area is 160 Å². The van der Waals surface area contributed by atoms with E-state index >= 15 is 0 Å². The van der Waals surface area contributed by atoms with Crippen LogP contribution in [0.25, 0.3) is 10.2 Å². The molecule has 1 unspecified atom stereocenters. The lowest BCUT2D eigenvalue weighted by Crippen LogP contribution is -2.40. The predicted octanol–water partition coefficient (Wildman–Crippen LogP) is 4.13. The number of piperidine rings is 1. The van der Waals surface area contributed by atoms with Crippen LogP contribution in [0.1, 0.15) is 37.6 Å². The molecule has 0 aliphatic carbocycles. The number of carbonyl (C=O) groups is 1. The van der Waals surface area contributed by atoms with Crippen molar-refractivity contribution >= 4 is 49.1 Å². The van der Waals surface area contributed by atoms with Gasteiger partial charge in [-0.3, -0.25) is 4.79 Å². The number of hydrogen-bond acceptors (Lipinski definition) is 7. The van der Waals surface area contributed by atoms with E-state index in [9.17, 15) is 4.79 Å². The van der Waals surface area contributed by atoms with Gasteiger partial charge in [-0.15, -0.1) is 10.2 Å². The Morgan fingerprint density at radius 2 is 2.12 bits per heavy atom. The standard InChI is InChI=1S/C18H21N5OS2/c1-11(2)16-21-22-17(26-16)20-15(24)12-6-5-9-23(10-12)18-19-13-7-3-4-8-14(13)25-18/h3-4,7-8,11-12H,5-6,9-10H2,1-2H3,(H,20,22,24). The van der Waals surface area contributed by atoms with Crippen molar-refractivity contribution in [1.82, 2.24) is 15.2 Å². The van der Waals surface area contributed by atoms with Gasteiger partial charge in [0.1, 0.15) is 5.01 Å². The number of thiazole rings is 1. The summed E-state index contributed by atoms with van der Waals surface area (Å²) in [6, 6.07) is 8.16. The Kier molecular flexibility index (Phi) is 4.86. The third-order valence-corrected chi connectivity index (χ3v) is 6.75. The lowest BCUT2D eigenvalue weighted by molar-refractivity contribution is -0.120. The average Bonchev–Trinajstić information content (AvgIpc) is 3.28. The molecule has 1 aliphatic rings. The molecule has 136 valence electrons. The second-order valence-corrected chi connectivity index (χ2v) is 8.86. The van der Waals surface area contributed by atoms with E-state index in [2.05, 4.69) is 40.3 Å². The van der Waals surface area contributed by atoms with Crippen LogP contribution >= 0.6 is 22.7 Å². The van der Waals surface area contributed by atoms with Gasteiger partial charge >= 0.3 is 0 Å². The molecule has 3 aromatic rings. The molecule has 1 atom stereocenters. The lowest BCUT2D eigenvalue weighted by Gasteiger charge is -2.31. The maximum Gasteiger partial charge on any atom is 0.231 e. The Bertz CT molecular complexity index is 886. The summed E-state index contributed by atoms with van der Waals surface area (Å²) in [5, 5.41) is 13.7. The number of hydrogen-bond donors (Lipinski definition) is 1. The third kappa shape index (κ3) is 3.57. The molecular weight excluding hydrogens is 366 g/mol. The average molecular weight is 388 g/mol. The second-order valence-electron chi connectivity index (χ2n) is 6.84. The molecule has 0 spiro atoms. The van der Waals surface area contributed by atoms with Crippen LogP contribution < -0.4 is 10.2 Å². The van der Waals surface area contributed by atoms with Crippen LogP contribution in [0.15, 0.2) is 24.3 Å². The van der Waals surface area contributed by atoms with Gasteiger partial charge in [0.2, 0.25) is 11.0 Å². The first kappa shape index (κ1) is 17.4. The fourth-order valence-electron chi connectivity index (χ4n) is 3.09. The number of carbonyl (C=O) groups excluding carboxylic acids is 1. The fourth-order valence-corrected chi connectivity index (χ4v) is 4.84. The van der Waals surface area contributed by atoms with Crippen LogP contribution in [-0.2, 0) is 4.79 Å². The molecule has 1 aromatic carbocycles. The number of fused-ring (bicyclic) bond motifs is 1. The molecular formula is C18H21N5OS2. The Morgan fingerprint density at radius 3 is 2.88 bits per heavy atom. The summed E-state index contributed by atoms with van der Waals surface area (Å²) in [5.41, 5.74) is 1.02. The molecule has 1 N–H and O–H groups in total. The molecule has 2 aromatic heterocycles. The first-order valence-electron chi connectivity index (χ1n) is 8.85. The number of aromatic nitrogens is 3. The highest BCUT2D eigenvalue weighted by Crippen LogP contribution is 2.32. The highest BCUT2D eigenvalue weighted by molar-refractivity contribution is 7.22. The van der Waals surface area contributed by atoms with Gasteiger partial charge < -0.3 is 10.2 Å². The summed E-state index contributed by atoms with van der Waals surface area (Å²) in [7, 11) is 0. The second kappa shape index (κ2) is 7.28. The van der Waals surface area contributed by atoms with Crippen molar-refractivity contribution in [3.05, 3.63) is 29.3 Å². The zero-order valence-electron chi connectivity index (χ0n) is 14.8. The quantitative estimate of drug-likeness (QED) is 0.729. The largest absolute Gasteiger partial charge is 0.347 e. The van der Waals surface area contributed by atoms with Crippen LogP contribution in [0.5, 0.6) is 0 Å². The highest BCUT2D eigenvalue weighted by Gasteiger charge is 2.28. The zero-order chi connectivity index (χ0) is 18.1. The minimum Gasteiger partial charge on any atom is -0.347 e. The topological polar surface area (TPSA) is 71.0 Å². The van der Waals surface area contributed by atoms with E-state index in [1.165, 1.54) is 16.0 Å². The molecule has 4 rings (SSSR count). The number of benzene rings is 1. The maximum absolute atomic E-state index is 12.7. The zero-order valence-corrected chi connectivity index (χ0v) is 16.4. The van der Waals surface area contributed by atoms with E-state index in [1.807, 2.05) is 18.2 Å². The van der Waals surface area contributed by atoms with Crippen LogP contribution in [0.3, 0.4) is 0 Å². The molecule has 26 heavy (non-hydrogen) atoms. The van der Waals surface area contributed by atoms with Gasteiger partial charge in [0.25, 0.3) is 0 Å². The van der Waals surface area contributed by atoms with Crippen molar-refractivity contribution in [2.75, 3.05) is 23.3 Å². The van der Waals surface area contributed by atoms with Crippen molar-refractivity contribution < 1.29 is 4.79 Å². The van der Waals surface area contributed by atoms with E-state index in [1.54, 1.807) is 11.3 Å². The van der Waals surface area contributed by atoms with Crippen molar-refractivity contribution in [2.45, 2.75) is 32.6 Å². The first-order valence-corrected chi connectivity index (χ1v) is 10.5. The highest BCUT2D eigenvalue weighted by atomic mass is 32.1. The molecule has 1 saturated heterocycles. The summed E-state index contributed by atoms with van der Waals surface area (Å²) in [6.07, 6.45) is 1.88. The van der Waals surface area contributed by atoms with E-state index in [4.69, 9.17) is 4.98 Å². The molecule has 1 amide bonds. The SMILES string of the molecule is CC(C)c1nnc(NC(=O)C2CCCN(c3nc4ccccc4s3)C2)s1. The number of anilines is 2. The van der Waals surface area contributed by atoms with Crippen molar-refractivity contribution in [1.29, 1.82) is 0 Å². The molecule has 1 aliphatic heterocycles. The van der Waals surface area contributed by atoms with Gasteiger partial charge in [-0.05, 0) is 25.0 Å². The van der Waals surface area contributed by atoms with Crippen LogP contribution in [0, 0.1) is 5.92 Å². The number of nitrogens with one attached hydrogen (secondary N) is 1. The Hall–Kier alpha value is -2.06. The molecule has 3 heterocycles. The van der Waals surface area contributed by atoms with E-state index < -0.39 is 0 Å². The summed E-state index contributed by atoms with van der Waals surface area (Å²) in [4.78, 5) is 19.6. The Morgan fingerprint density at radius 1 is 1.27 bits per heavy atom. The van der Waals surface area contributed by atoms with E-state index in [0.29, 0.717) is 17.6 Å². The van der Waals surface area contributed by atoms with Gasteiger partial charge in [-0.25, -0.2) is 4.98 Å². The molecule has 1 fully saturated rings. The fraction of sp³-hybridized carbons (Fsp3) is 0.444. The normalized spacial score (nSPS) is 17.8. The van der Waals surface area contributed by atoms with Crippen LogP contribution in [-0.4, -0.2) is 34.2 Å². The maximum atomic E-state index is 12.7. The first-order chi connectivity index (χ1) is 12.6. The summed E-state index contributed by atoms with van der Waals surface area (Å²) in [6.45, 7) is 5.79. The van der Waals surface area contributed by atoms with E-state index in [-0.39, 0.29) is 11.8 Å². The molecule has 0 saturated carbocycles.